The Morgan fingerprint density at radius 2 is 0.897 bits per heavy atom. The SMILES string of the molecule is CC(=O)O[C@H]1[C@H](OCc2ccccc2)[C@@H](OCc2ccccc2)[C@@H](O[C@H]2[C@@H](OCc3ccccc3)CN(C(=O)OCc3ccccc3)[C@H]2COCc2ccccc2)O[C@@H]1COCc1ccccc1. The van der Waals surface area contributed by atoms with Crippen LogP contribution in [0.15, 0.2) is 182 Å². The fourth-order valence-corrected chi connectivity index (χ4v) is 8.41. The van der Waals surface area contributed by atoms with Crippen LogP contribution in [0.3, 0.4) is 0 Å². The van der Waals surface area contributed by atoms with E-state index in [1.807, 2.05) is 182 Å². The monoisotopic (exact) mass is 921 g/mol. The topological polar surface area (TPSA) is 120 Å². The summed E-state index contributed by atoms with van der Waals surface area (Å²) in [4.78, 5) is 29.0. The maximum Gasteiger partial charge on any atom is 0.410 e. The molecule has 2 fully saturated rings. The predicted molar refractivity (Wildman–Crippen MR) is 253 cm³/mol. The fraction of sp³-hybridized carbons (Fsp3) is 0.321. The molecule has 2 aliphatic rings. The smallest absolute Gasteiger partial charge is 0.410 e. The van der Waals surface area contributed by atoms with Crippen molar-refractivity contribution >= 4 is 12.1 Å². The van der Waals surface area contributed by atoms with Crippen LogP contribution in [0.5, 0.6) is 0 Å². The lowest BCUT2D eigenvalue weighted by Gasteiger charge is -2.46. The van der Waals surface area contributed by atoms with E-state index in [2.05, 4.69) is 0 Å². The molecule has 8 rings (SSSR count). The molecule has 6 aromatic carbocycles. The molecule has 2 aliphatic heterocycles. The predicted octanol–water partition coefficient (Wildman–Crippen LogP) is 9.24. The number of carbonyl (C=O) groups is 2. The lowest BCUT2D eigenvalue weighted by atomic mass is 9.97. The lowest BCUT2D eigenvalue weighted by molar-refractivity contribution is -0.336. The minimum Gasteiger partial charge on any atom is -0.457 e. The zero-order chi connectivity index (χ0) is 46.8. The highest BCUT2D eigenvalue weighted by molar-refractivity contribution is 5.69. The maximum absolute atomic E-state index is 14.3. The van der Waals surface area contributed by atoms with Crippen LogP contribution >= 0.6 is 0 Å². The molecule has 0 radical (unpaired) electrons. The number of carbonyl (C=O) groups excluding carboxylic acids is 2. The summed E-state index contributed by atoms with van der Waals surface area (Å²) in [5.41, 5.74) is 5.52. The Balaban J connectivity index is 1.15. The molecular formula is C56H59NO11. The number of esters is 1. The number of amides is 1. The van der Waals surface area contributed by atoms with E-state index in [4.69, 9.17) is 42.6 Å². The van der Waals surface area contributed by atoms with Crippen LogP contribution in [0, 0.1) is 0 Å². The molecule has 6 aromatic rings. The van der Waals surface area contributed by atoms with Gasteiger partial charge >= 0.3 is 12.1 Å². The third-order valence-electron chi connectivity index (χ3n) is 11.8. The molecule has 0 bridgehead atoms. The molecular weight excluding hydrogens is 863 g/mol. The Kier molecular flexibility index (Phi) is 17.9. The summed E-state index contributed by atoms with van der Waals surface area (Å²) in [6, 6.07) is 57.8. The van der Waals surface area contributed by atoms with Crippen molar-refractivity contribution < 1.29 is 52.2 Å². The van der Waals surface area contributed by atoms with Gasteiger partial charge in [0.1, 0.15) is 37.1 Å². The molecule has 2 heterocycles. The molecule has 0 aliphatic carbocycles. The minimum absolute atomic E-state index is 0.0173. The third-order valence-corrected chi connectivity index (χ3v) is 11.8. The Morgan fingerprint density at radius 1 is 0.485 bits per heavy atom. The molecule has 0 unspecified atom stereocenters. The normalized spacial score (nSPS) is 22.4. The van der Waals surface area contributed by atoms with Crippen molar-refractivity contribution in [2.45, 2.75) is 95.5 Å². The van der Waals surface area contributed by atoms with E-state index in [0.29, 0.717) is 0 Å². The largest absolute Gasteiger partial charge is 0.457 e. The van der Waals surface area contributed by atoms with Crippen LogP contribution in [0.1, 0.15) is 40.3 Å². The number of hydrogen-bond donors (Lipinski definition) is 0. The van der Waals surface area contributed by atoms with Crippen molar-refractivity contribution in [2.24, 2.45) is 0 Å². The van der Waals surface area contributed by atoms with Gasteiger partial charge in [0.05, 0.1) is 58.8 Å². The Morgan fingerprint density at radius 3 is 1.37 bits per heavy atom. The van der Waals surface area contributed by atoms with E-state index in [1.54, 1.807) is 4.90 Å². The molecule has 8 atom stereocenters. The van der Waals surface area contributed by atoms with Crippen molar-refractivity contribution in [3.05, 3.63) is 215 Å². The van der Waals surface area contributed by atoms with Crippen molar-refractivity contribution in [3.8, 4) is 0 Å². The van der Waals surface area contributed by atoms with E-state index in [0.717, 1.165) is 33.4 Å². The van der Waals surface area contributed by atoms with E-state index in [9.17, 15) is 9.59 Å². The van der Waals surface area contributed by atoms with E-state index in [1.165, 1.54) is 6.92 Å². The van der Waals surface area contributed by atoms with Gasteiger partial charge < -0.3 is 42.6 Å². The molecule has 0 aromatic heterocycles. The van der Waals surface area contributed by atoms with Gasteiger partial charge in [-0.1, -0.05) is 182 Å². The highest BCUT2D eigenvalue weighted by atomic mass is 16.7. The summed E-state index contributed by atoms with van der Waals surface area (Å²) in [5, 5.41) is 0. The number of hydrogen-bond acceptors (Lipinski definition) is 11. The summed E-state index contributed by atoms with van der Waals surface area (Å²) < 4.78 is 59.5. The van der Waals surface area contributed by atoms with Gasteiger partial charge in [0.25, 0.3) is 0 Å². The van der Waals surface area contributed by atoms with Gasteiger partial charge in [-0.05, 0) is 33.4 Å². The average Bonchev–Trinajstić information content (AvgIpc) is 3.72. The van der Waals surface area contributed by atoms with Crippen LogP contribution in [0.2, 0.25) is 0 Å². The number of rotatable bonds is 22. The summed E-state index contributed by atoms with van der Waals surface area (Å²) in [7, 11) is 0. The van der Waals surface area contributed by atoms with E-state index < -0.39 is 61.0 Å². The van der Waals surface area contributed by atoms with Crippen molar-refractivity contribution in [3.63, 3.8) is 0 Å². The third kappa shape index (κ3) is 13.9. The lowest BCUT2D eigenvalue weighted by Crippen LogP contribution is -2.63. The summed E-state index contributed by atoms with van der Waals surface area (Å²) in [6.45, 7) is 2.77. The number of likely N-dealkylation sites (tertiary alicyclic amines) is 1. The minimum atomic E-state index is -1.17. The second kappa shape index (κ2) is 25.2. The van der Waals surface area contributed by atoms with Crippen LogP contribution < -0.4 is 0 Å². The van der Waals surface area contributed by atoms with E-state index in [-0.39, 0.29) is 59.4 Å². The molecule has 0 saturated carbocycles. The van der Waals surface area contributed by atoms with Gasteiger partial charge in [0, 0.05) is 6.92 Å². The van der Waals surface area contributed by atoms with E-state index >= 15 is 0 Å². The first-order valence-electron chi connectivity index (χ1n) is 23.1. The molecule has 2 saturated heterocycles. The second-order valence-electron chi connectivity index (χ2n) is 16.8. The van der Waals surface area contributed by atoms with Gasteiger partial charge in [-0.25, -0.2) is 4.79 Å². The van der Waals surface area contributed by atoms with Crippen molar-refractivity contribution in [2.75, 3.05) is 19.8 Å². The van der Waals surface area contributed by atoms with Crippen LogP contribution in [0.25, 0.3) is 0 Å². The molecule has 12 heteroatoms. The Hall–Kier alpha value is -6.22. The van der Waals surface area contributed by atoms with Crippen LogP contribution in [0.4, 0.5) is 4.79 Å². The van der Waals surface area contributed by atoms with Gasteiger partial charge in [-0.2, -0.15) is 0 Å². The maximum atomic E-state index is 14.3. The average molecular weight is 922 g/mol. The molecule has 68 heavy (non-hydrogen) atoms. The Bertz CT molecular complexity index is 2380. The van der Waals surface area contributed by atoms with Gasteiger partial charge in [0.15, 0.2) is 12.4 Å². The first kappa shape index (κ1) is 48.2. The van der Waals surface area contributed by atoms with Gasteiger partial charge in [-0.3, -0.25) is 9.69 Å². The molecule has 12 nitrogen and oxygen atoms in total. The number of ether oxygens (including phenoxy) is 9. The highest BCUT2D eigenvalue weighted by Gasteiger charge is 2.54. The summed E-state index contributed by atoms with van der Waals surface area (Å²) >= 11 is 0. The highest BCUT2D eigenvalue weighted by Crippen LogP contribution is 2.35. The zero-order valence-corrected chi connectivity index (χ0v) is 38.2. The summed E-state index contributed by atoms with van der Waals surface area (Å²) in [6.07, 6.45) is -7.01. The molecule has 0 N–H and O–H groups in total. The van der Waals surface area contributed by atoms with Crippen molar-refractivity contribution in [1.82, 2.24) is 4.90 Å². The number of nitrogens with zero attached hydrogens (tertiary/aromatic N) is 1. The summed E-state index contributed by atoms with van der Waals surface area (Å²) in [5.74, 6) is -0.522. The zero-order valence-electron chi connectivity index (χ0n) is 38.2. The second-order valence-corrected chi connectivity index (χ2v) is 16.8. The fourth-order valence-electron chi connectivity index (χ4n) is 8.41. The Labute approximate surface area is 398 Å². The quantitative estimate of drug-likeness (QED) is 0.0607. The van der Waals surface area contributed by atoms with Crippen LogP contribution in [-0.2, 0) is 87.1 Å². The standard InChI is InChI=1S/C56H59NO11/c1-41(58)66-52-50(40-61-34-43-22-10-3-11-23-43)67-55(54(64-37-46-28-16-6-17-29-46)53(52)63-36-45-26-14-5-15-27-45)68-51-48(39-60-33-42-20-8-2-9-21-42)57(56(59)65-38-47-30-18-7-19-31-47)32-49(51)62-35-44-24-12-4-13-25-44/h2-31,48-55H,32-40H2,1H3/t48-,49-,50+,51+,52+,53-,54+,55+/m0/s1. The van der Waals surface area contributed by atoms with Gasteiger partial charge in [0.2, 0.25) is 0 Å². The first-order valence-corrected chi connectivity index (χ1v) is 23.1. The molecule has 354 valence electrons. The first-order chi connectivity index (χ1) is 33.5. The van der Waals surface area contributed by atoms with Crippen molar-refractivity contribution in [1.29, 1.82) is 0 Å². The van der Waals surface area contributed by atoms with Gasteiger partial charge in [-0.15, -0.1) is 0 Å². The molecule has 1 amide bonds. The van der Waals surface area contributed by atoms with Crippen LogP contribution in [-0.4, -0.2) is 85.7 Å². The number of benzene rings is 6. The molecule has 0 spiro atoms.